The van der Waals surface area contributed by atoms with E-state index in [2.05, 4.69) is 44.9 Å². The van der Waals surface area contributed by atoms with Crippen molar-refractivity contribution >= 4 is 57.6 Å². The molecular weight excluding hydrogens is 392 g/mol. The third-order valence-corrected chi connectivity index (χ3v) is 6.50. The van der Waals surface area contributed by atoms with Gasteiger partial charge in [0.05, 0.1) is 10.4 Å². The summed E-state index contributed by atoms with van der Waals surface area (Å²) in [6.45, 7) is 0. The van der Waals surface area contributed by atoms with Gasteiger partial charge in [-0.2, -0.15) is 12.6 Å². The van der Waals surface area contributed by atoms with E-state index in [-0.39, 0.29) is 4.87 Å². The van der Waals surface area contributed by atoms with Crippen LogP contribution < -0.4 is 5.32 Å². The van der Waals surface area contributed by atoms with Gasteiger partial charge in [0.1, 0.15) is 0 Å². The van der Waals surface area contributed by atoms with Crippen LogP contribution in [0, 0.1) is 0 Å². The van der Waals surface area contributed by atoms with Crippen molar-refractivity contribution in [3.05, 3.63) is 34.9 Å². The second-order valence-corrected chi connectivity index (χ2v) is 8.99. The van der Waals surface area contributed by atoms with E-state index >= 15 is 0 Å². The van der Waals surface area contributed by atoms with Gasteiger partial charge in [-0.15, -0.1) is 0 Å². The monoisotopic (exact) mass is 410 g/mol. The fourth-order valence-corrected chi connectivity index (χ4v) is 4.28. The van der Waals surface area contributed by atoms with E-state index in [4.69, 9.17) is 0 Å². The summed E-state index contributed by atoms with van der Waals surface area (Å²) in [5.41, 5.74) is 0.980. The molecule has 2 fully saturated rings. The molecular formula is C17H19BrN2OS2. The molecule has 1 aromatic heterocycles. The summed E-state index contributed by atoms with van der Waals surface area (Å²) in [5.74, 6) is 0. The molecule has 1 amide bonds. The summed E-state index contributed by atoms with van der Waals surface area (Å²) in [6.07, 6.45) is 8.55. The van der Waals surface area contributed by atoms with Crippen LogP contribution in [0.2, 0.25) is 0 Å². The lowest BCUT2D eigenvalue weighted by Gasteiger charge is -2.40. The Morgan fingerprint density at radius 3 is 2.65 bits per heavy atom. The zero-order valence-corrected chi connectivity index (χ0v) is 16.0. The summed E-state index contributed by atoms with van der Waals surface area (Å²) in [7, 11) is 0. The van der Waals surface area contributed by atoms with Crippen molar-refractivity contribution in [1.82, 2.24) is 10.3 Å². The number of nitrogens with zero attached hydrogens (tertiary/aromatic N) is 1. The molecule has 0 radical (unpaired) electrons. The molecule has 2 aromatic rings. The maximum atomic E-state index is 10.8. The van der Waals surface area contributed by atoms with Gasteiger partial charge in [-0.25, -0.2) is 0 Å². The molecule has 2 aliphatic rings. The summed E-state index contributed by atoms with van der Waals surface area (Å²) in [5, 5.41) is 4.88. The molecule has 0 unspecified atom stereocenters. The first-order valence-electron chi connectivity index (χ1n) is 7.75. The normalized spacial score (nSPS) is 18.5. The number of amides is 1. The Hall–Kier alpha value is -0.720. The number of thioether (sulfide) groups is 1. The number of hydrogen-bond acceptors (Lipinski definition) is 4. The van der Waals surface area contributed by atoms with Crippen LogP contribution in [-0.4, -0.2) is 21.5 Å². The van der Waals surface area contributed by atoms with E-state index in [1.807, 2.05) is 24.4 Å². The quantitative estimate of drug-likeness (QED) is 0.432. The molecule has 2 aliphatic carbocycles. The SMILES string of the molecule is O=CNC1(Sc2ccnc3ccc(Br)cc23)CCC1.SC1CC1. The van der Waals surface area contributed by atoms with E-state index in [0.29, 0.717) is 0 Å². The Kier molecular flexibility index (Phi) is 5.54. The molecule has 0 aliphatic heterocycles. The number of pyridine rings is 1. The number of benzene rings is 1. The van der Waals surface area contributed by atoms with Gasteiger partial charge >= 0.3 is 0 Å². The van der Waals surface area contributed by atoms with Crippen LogP contribution in [-0.2, 0) is 4.79 Å². The van der Waals surface area contributed by atoms with E-state index in [1.54, 1.807) is 11.8 Å². The van der Waals surface area contributed by atoms with Crippen LogP contribution in [0.5, 0.6) is 0 Å². The van der Waals surface area contributed by atoms with Crippen molar-refractivity contribution < 1.29 is 4.79 Å². The summed E-state index contributed by atoms with van der Waals surface area (Å²) >= 11 is 9.31. The van der Waals surface area contributed by atoms with Gasteiger partial charge in [-0.1, -0.05) is 27.7 Å². The number of nitrogens with one attached hydrogen (secondary N) is 1. The number of thiol groups is 1. The Bertz CT molecular complexity index is 702. The Morgan fingerprint density at radius 2 is 2.09 bits per heavy atom. The van der Waals surface area contributed by atoms with Crippen molar-refractivity contribution in [2.24, 2.45) is 0 Å². The van der Waals surface area contributed by atoms with Crippen molar-refractivity contribution in [2.75, 3.05) is 0 Å². The first kappa shape index (κ1) is 17.1. The predicted molar refractivity (Wildman–Crippen MR) is 103 cm³/mol. The lowest BCUT2D eigenvalue weighted by molar-refractivity contribution is -0.111. The molecule has 0 bridgehead atoms. The molecule has 3 nitrogen and oxygen atoms in total. The fraction of sp³-hybridized carbons (Fsp3) is 0.412. The first-order chi connectivity index (χ1) is 11.1. The van der Waals surface area contributed by atoms with Crippen LogP contribution >= 0.6 is 40.3 Å². The van der Waals surface area contributed by atoms with Gasteiger partial charge in [-0.3, -0.25) is 9.78 Å². The number of hydrogen-bond donors (Lipinski definition) is 2. The summed E-state index contributed by atoms with van der Waals surface area (Å²) < 4.78 is 1.04. The number of rotatable bonds is 4. The number of fused-ring (bicyclic) bond motifs is 1. The Labute approximate surface area is 154 Å². The second kappa shape index (κ2) is 7.45. The number of carbonyl (C=O) groups is 1. The number of halogens is 1. The second-order valence-electron chi connectivity index (χ2n) is 5.91. The van der Waals surface area contributed by atoms with E-state index in [1.165, 1.54) is 24.2 Å². The molecule has 1 aromatic carbocycles. The standard InChI is InChI=1S/C14H13BrN2OS.C3H6S/c15-10-2-3-12-11(8-10)13(4-7-16-12)19-14(17-9-18)5-1-6-14;4-3-1-2-3/h2-4,7-9H,1,5-6H2,(H,17,18);3-4H,1-2H2. The topological polar surface area (TPSA) is 42.0 Å². The van der Waals surface area contributed by atoms with Crippen LogP contribution in [0.3, 0.4) is 0 Å². The molecule has 1 N–H and O–H groups in total. The zero-order chi connectivity index (χ0) is 16.3. The lowest BCUT2D eigenvalue weighted by Crippen LogP contribution is -2.47. The highest BCUT2D eigenvalue weighted by molar-refractivity contribution is 9.10. The molecule has 0 saturated heterocycles. The highest BCUT2D eigenvalue weighted by Gasteiger charge is 2.38. The van der Waals surface area contributed by atoms with E-state index < -0.39 is 0 Å². The zero-order valence-electron chi connectivity index (χ0n) is 12.7. The van der Waals surface area contributed by atoms with Gasteiger partial charge in [0, 0.05) is 26.2 Å². The third-order valence-electron chi connectivity index (χ3n) is 4.00. The molecule has 2 saturated carbocycles. The molecule has 6 heteroatoms. The molecule has 122 valence electrons. The van der Waals surface area contributed by atoms with Gasteiger partial charge < -0.3 is 5.32 Å². The minimum absolute atomic E-state index is 0.127. The van der Waals surface area contributed by atoms with E-state index in [0.717, 1.165) is 39.9 Å². The van der Waals surface area contributed by atoms with Gasteiger partial charge in [-0.05, 0) is 56.4 Å². The van der Waals surface area contributed by atoms with Crippen LogP contribution in [0.4, 0.5) is 0 Å². The van der Waals surface area contributed by atoms with Crippen molar-refractivity contribution in [3.8, 4) is 0 Å². The average molecular weight is 411 g/mol. The van der Waals surface area contributed by atoms with E-state index in [9.17, 15) is 4.79 Å². The smallest absolute Gasteiger partial charge is 0.208 e. The summed E-state index contributed by atoms with van der Waals surface area (Å²) in [6, 6.07) is 8.10. The summed E-state index contributed by atoms with van der Waals surface area (Å²) in [4.78, 5) is 16.2. The predicted octanol–water partition coefficient (Wildman–Crippen LogP) is 4.79. The van der Waals surface area contributed by atoms with Crippen molar-refractivity contribution in [2.45, 2.75) is 47.1 Å². The highest BCUT2D eigenvalue weighted by atomic mass is 79.9. The maximum absolute atomic E-state index is 10.8. The molecule has 23 heavy (non-hydrogen) atoms. The Balaban J connectivity index is 0.000000341. The van der Waals surface area contributed by atoms with Gasteiger partial charge in [0.15, 0.2) is 0 Å². The Morgan fingerprint density at radius 1 is 1.35 bits per heavy atom. The lowest BCUT2D eigenvalue weighted by atomic mass is 9.92. The van der Waals surface area contributed by atoms with Gasteiger partial charge in [0.25, 0.3) is 0 Å². The first-order valence-corrected chi connectivity index (χ1v) is 9.87. The third kappa shape index (κ3) is 4.43. The molecule has 0 atom stereocenters. The fourth-order valence-electron chi connectivity index (χ4n) is 2.35. The number of carbonyl (C=O) groups excluding carboxylic acids is 1. The van der Waals surface area contributed by atoms with Crippen LogP contribution in [0.1, 0.15) is 32.1 Å². The minimum atomic E-state index is -0.127. The molecule has 1 heterocycles. The molecule has 4 rings (SSSR count). The number of aromatic nitrogens is 1. The minimum Gasteiger partial charge on any atom is -0.344 e. The average Bonchev–Trinajstić information content (AvgIpc) is 3.28. The molecule has 0 spiro atoms. The van der Waals surface area contributed by atoms with Crippen molar-refractivity contribution in [1.29, 1.82) is 0 Å². The highest BCUT2D eigenvalue weighted by Crippen LogP contribution is 2.46. The van der Waals surface area contributed by atoms with Crippen LogP contribution in [0.15, 0.2) is 39.8 Å². The largest absolute Gasteiger partial charge is 0.344 e. The maximum Gasteiger partial charge on any atom is 0.208 e. The van der Waals surface area contributed by atoms with Gasteiger partial charge in [0.2, 0.25) is 6.41 Å². The van der Waals surface area contributed by atoms with Crippen molar-refractivity contribution in [3.63, 3.8) is 0 Å². The van der Waals surface area contributed by atoms with Crippen LogP contribution in [0.25, 0.3) is 10.9 Å².